The minimum atomic E-state index is 0.153. The van der Waals surface area contributed by atoms with E-state index in [2.05, 4.69) is 24.3 Å². The van der Waals surface area contributed by atoms with Crippen molar-refractivity contribution in [3.63, 3.8) is 0 Å². The van der Waals surface area contributed by atoms with Gasteiger partial charge in [0.15, 0.2) is 0 Å². The number of benzene rings is 2. The Balaban J connectivity index is 1.79. The molecule has 1 aliphatic heterocycles. The van der Waals surface area contributed by atoms with Crippen LogP contribution in [0.15, 0.2) is 48.5 Å². The van der Waals surface area contributed by atoms with Gasteiger partial charge >= 0.3 is 0 Å². The summed E-state index contributed by atoms with van der Waals surface area (Å²) in [5, 5.41) is 9.74. The van der Waals surface area contributed by atoms with Crippen LogP contribution >= 0.6 is 0 Å². The Bertz CT molecular complexity index is 621. The summed E-state index contributed by atoms with van der Waals surface area (Å²) in [6, 6.07) is 16.0. The van der Waals surface area contributed by atoms with Crippen molar-refractivity contribution >= 4 is 0 Å². The molecule has 2 aromatic rings. The Morgan fingerprint density at radius 2 is 1.85 bits per heavy atom. The molecule has 0 spiro atoms. The fraction of sp³-hybridized carbons (Fsp3) is 0.333. The van der Waals surface area contributed by atoms with Gasteiger partial charge in [-0.25, -0.2) is 0 Å². The molecule has 102 valence electrons. The topological polar surface area (TPSA) is 29.5 Å². The highest BCUT2D eigenvalue weighted by atomic mass is 16.5. The Hall–Kier alpha value is -1.96. The van der Waals surface area contributed by atoms with Crippen molar-refractivity contribution in [2.24, 2.45) is 5.92 Å². The number of aromatic hydroxyl groups is 1. The highest BCUT2D eigenvalue weighted by Gasteiger charge is 2.41. The lowest BCUT2D eigenvalue weighted by Crippen LogP contribution is -2.26. The lowest BCUT2D eigenvalue weighted by molar-refractivity contribution is 0.104. The van der Waals surface area contributed by atoms with Crippen molar-refractivity contribution in [3.05, 3.63) is 59.7 Å². The number of ether oxygens (including phenoxy) is 1. The maximum Gasteiger partial charge on any atom is 0.127 e. The van der Waals surface area contributed by atoms with E-state index in [0.29, 0.717) is 17.6 Å². The van der Waals surface area contributed by atoms with E-state index < -0.39 is 0 Å². The summed E-state index contributed by atoms with van der Waals surface area (Å²) in [5.41, 5.74) is 2.46. The molecule has 0 amide bonds. The van der Waals surface area contributed by atoms with Gasteiger partial charge in [0, 0.05) is 11.5 Å². The van der Waals surface area contributed by atoms with Gasteiger partial charge in [-0.05, 0) is 42.5 Å². The highest BCUT2D eigenvalue weighted by Crippen LogP contribution is 2.54. The zero-order valence-electron chi connectivity index (χ0n) is 11.3. The van der Waals surface area contributed by atoms with E-state index in [0.717, 1.165) is 5.75 Å². The van der Waals surface area contributed by atoms with E-state index in [-0.39, 0.29) is 6.10 Å². The molecule has 1 aliphatic carbocycles. The molecular formula is C18H18O2. The van der Waals surface area contributed by atoms with Crippen molar-refractivity contribution < 1.29 is 9.84 Å². The maximum atomic E-state index is 9.74. The molecule has 2 heteroatoms. The standard InChI is InChI=1S/C18H18O2/c19-13-9-10-17-16(11-13)14-7-4-8-15(14)18(20-17)12-5-2-1-3-6-12/h1-3,5-6,9-11,14-15,18-19H,4,7-8H2/t14-,15+,18+/m0/s1. The first-order valence-electron chi connectivity index (χ1n) is 7.37. The van der Waals surface area contributed by atoms with Gasteiger partial charge < -0.3 is 9.84 Å². The van der Waals surface area contributed by atoms with Crippen LogP contribution in [-0.2, 0) is 0 Å². The third kappa shape index (κ3) is 1.79. The smallest absolute Gasteiger partial charge is 0.127 e. The van der Waals surface area contributed by atoms with Crippen LogP contribution in [0.4, 0.5) is 0 Å². The SMILES string of the molecule is Oc1ccc2c(c1)[C@H]1CCC[C@H]1[C@@H](c1ccccc1)O2. The molecule has 1 saturated carbocycles. The highest BCUT2D eigenvalue weighted by molar-refractivity contribution is 5.45. The summed E-state index contributed by atoms with van der Waals surface area (Å²) in [7, 11) is 0. The number of fused-ring (bicyclic) bond motifs is 3. The van der Waals surface area contributed by atoms with Gasteiger partial charge in [0.2, 0.25) is 0 Å². The monoisotopic (exact) mass is 266 g/mol. The summed E-state index contributed by atoms with van der Waals surface area (Å²) >= 11 is 0. The summed E-state index contributed by atoms with van der Waals surface area (Å²) in [4.78, 5) is 0. The van der Waals surface area contributed by atoms with Crippen LogP contribution in [0.25, 0.3) is 0 Å². The normalized spacial score (nSPS) is 27.5. The predicted octanol–water partition coefficient (Wildman–Crippen LogP) is 4.41. The predicted molar refractivity (Wildman–Crippen MR) is 78.0 cm³/mol. The molecule has 0 unspecified atom stereocenters. The molecule has 1 fully saturated rings. The average molecular weight is 266 g/mol. The minimum absolute atomic E-state index is 0.153. The number of hydrogen-bond donors (Lipinski definition) is 1. The largest absolute Gasteiger partial charge is 0.508 e. The lowest BCUT2D eigenvalue weighted by atomic mass is 9.80. The van der Waals surface area contributed by atoms with Gasteiger partial charge in [-0.3, -0.25) is 0 Å². The van der Waals surface area contributed by atoms with Crippen LogP contribution in [0.5, 0.6) is 11.5 Å². The first kappa shape index (κ1) is 11.8. The minimum Gasteiger partial charge on any atom is -0.508 e. The van der Waals surface area contributed by atoms with Crippen molar-refractivity contribution in [1.82, 2.24) is 0 Å². The van der Waals surface area contributed by atoms with Crippen LogP contribution in [0.3, 0.4) is 0 Å². The fourth-order valence-corrected chi connectivity index (χ4v) is 3.85. The molecule has 0 bridgehead atoms. The number of phenols is 1. The molecule has 4 rings (SSSR count). The molecule has 2 aliphatic rings. The Labute approximate surface area is 119 Å². The van der Waals surface area contributed by atoms with Gasteiger partial charge in [-0.1, -0.05) is 36.8 Å². The summed E-state index contributed by atoms with van der Waals surface area (Å²) in [5.74, 6) is 2.35. The van der Waals surface area contributed by atoms with Crippen LogP contribution < -0.4 is 4.74 Å². The Morgan fingerprint density at radius 1 is 1.00 bits per heavy atom. The summed E-state index contributed by atoms with van der Waals surface area (Å²) in [6.45, 7) is 0. The van der Waals surface area contributed by atoms with Gasteiger partial charge in [-0.15, -0.1) is 0 Å². The first-order chi connectivity index (χ1) is 9.83. The van der Waals surface area contributed by atoms with Gasteiger partial charge in [0.05, 0.1) is 0 Å². The van der Waals surface area contributed by atoms with E-state index in [1.54, 1.807) is 6.07 Å². The van der Waals surface area contributed by atoms with Crippen LogP contribution in [-0.4, -0.2) is 5.11 Å². The zero-order chi connectivity index (χ0) is 13.5. The first-order valence-corrected chi connectivity index (χ1v) is 7.37. The molecule has 1 N–H and O–H groups in total. The van der Waals surface area contributed by atoms with Crippen molar-refractivity contribution in [1.29, 1.82) is 0 Å². The maximum absolute atomic E-state index is 9.74. The second kappa shape index (κ2) is 4.55. The van der Waals surface area contributed by atoms with Crippen LogP contribution in [0, 0.1) is 5.92 Å². The molecule has 2 aromatic carbocycles. The van der Waals surface area contributed by atoms with Crippen LogP contribution in [0.2, 0.25) is 0 Å². The lowest BCUT2D eigenvalue weighted by Gasteiger charge is -2.36. The second-order valence-corrected chi connectivity index (χ2v) is 5.87. The summed E-state index contributed by atoms with van der Waals surface area (Å²) in [6.07, 6.45) is 3.81. The second-order valence-electron chi connectivity index (χ2n) is 5.87. The molecule has 0 radical (unpaired) electrons. The third-order valence-corrected chi connectivity index (χ3v) is 4.73. The molecule has 2 nitrogen and oxygen atoms in total. The zero-order valence-corrected chi connectivity index (χ0v) is 11.3. The number of phenolic OH excluding ortho intramolecular Hbond substituents is 1. The Kier molecular flexibility index (Phi) is 2.69. The van der Waals surface area contributed by atoms with Gasteiger partial charge in [0.25, 0.3) is 0 Å². The molecule has 20 heavy (non-hydrogen) atoms. The molecule has 0 saturated heterocycles. The van der Waals surface area contributed by atoms with Crippen molar-refractivity contribution in [2.45, 2.75) is 31.3 Å². The van der Waals surface area contributed by atoms with E-state index in [1.165, 1.54) is 30.4 Å². The van der Waals surface area contributed by atoms with Crippen molar-refractivity contribution in [2.75, 3.05) is 0 Å². The van der Waals surface area contributed by atoms with Crippen molar-refractivity contribution in [3.8, 4) is 11.5 Å². The quantitative estimate of drug-likeness (QED) is 0.828. The molecule has 1 heterocycles. The molecular weight excluding hydrogens is 248 g/mol. The van der Waals surface area contributed by atoms with Gasteiger partial charge in [0.1, 0.15) is 17.6 Å². The average Bonchev–Trinajstić information content (AvgIpc) is 2.97. The van der Waals surface area contributed by atoms with E-state index >= 15 is 0 Å². The fourth-order valence-electron chi connectivity index (χ4n) is 3.85. The van der Waals surface area contributed by atoms with Crippen LogP contribution in [0.1, 0.15) is 42.4 Å². The molecule has 3 atom stereocenters. The summed E-state index contributed by atoms with van der Waals surface area (Å²) < 4.78 is 6.28. The van der Waals surface area contributed by atoms with E-state index in [1.807, 2.05) is 18.2 Å². The Morgan fingerprint density at radius 3 is 2.70 bits per heavy atom. The van der Waals surface area contributed by atoms with E-state index in [9.17, 15) is 5.11 Å². The number of hydrogen-bond acceptors (Lipinski definition) is 2. The number of rotatable bonds is 1. The van der Waals surface area contributed by atoms with E-state index in [4.69, 9.17) is 4.74 Å². The molecule has 0 aromatic heterocycles. The van der Waals surface area contributed by atoms with Gasteiger partial charge in [-0.2, -0.15) is 0 Å². The third-order valence-electron chi connectivity index (χ3n) is 4.73.